The van der Waals surface area contributed by atoms with E-state index in [1.165, 1.54) is 16.3 Å². The molecule has 0 spiro atoms. The third-order valence-corrected chi connectivity index (χ3v) is 9.38. The molecule has 9 aromatic rings. The van der Waals surface area contributed by atoms with E-state index in [2.05, 4.69) is 109 Å². The number of aromatic nitrogens is 5. The van der Waals surface area contributed by atoms with E-state index in [9.17, 15) is 0 Å². The van der Waals surface area contributed by atoms with Gasteiger partial charge in [-0.3, -0.25) is 19.9 Å². The summed E-state index contributed by atoms with van der Waals surface area (Å²) in [5.41, 5.74) is 12.9. The van der Waals surface area contributed by atoms with Gasteiger partial charge in [0.05, 0.1) is 57.6 Å². The predicted octanol–water partition coefficient (Wildman–Crippen LogP) is 10.3. The number of benzene rings is 4. The second kappa shape index (κ2) is 10.4. The Balaban J connectivity index is 1.33. The second-order valence-electron chi connectivity index (χ2n) is 12.0. The average Bonchev–Trinajstić information content (AvgIpc) is 3.48. The van der Waals surface area contributed by atoms with Gasteiger partial charge in [0, 0.05) is 57.6 Å². The number of fused-ring (bicyclic) bond motifs is 5. The lowest BCUT2D eigenvalue weighted by Crippen LogP contribution is -2.15. The van der Waals surface area contributed by atoms with Crippen molar-refractivity contribution in [1.29, 1.82) is 0 Å². The van der Waals surface area contributed by atoms with E-state index in [0.29, 0.717) is 0 Å². The summed E-state index contributed by atoms with van der Waals surface area (Å²) in [6.07, 6.45) is 11.2. The van der Waals surface area contributed by atoms with Gasteiger partial charge in [-0.25, -0.2) is 0 Å². The first kappa shape index (κ1) is 26.5. The number of anilines is 3. The normalized spacial score (nSPS) is 12.1. The van der Waals surface area contributed by atoms with Gasteiger partial charge in [0.2, 0.25) is 0 Å². The molecular weight excluding hydrogens is 589 g/mol. The summed E-state index contributed by atoms with van der Waals surface area (Å²) in [4.78, 5) is 20.8. The average molecular weight is 615 g/mol. The minimum Gasteiger partial charge on any atom is -0.308 e. The summed E-state index contributed by atoms with van der Waals surface area (Å²) in [6.45, 7) is 0. The molecule has 6 nitrogen and oxygen atoms in total. The van der Waals surface area contributed by atoms with Crippen LogP contribution in [0.2, 0.25) is 0 Å². The maximum absolute atomic E-state index is 4.73. The summed E-state index contributed by atoms with van der Waals surface area (Å²) in [5.74, 6) is 0. The highest BCUT2D eigenvalue weighted by Gasteiger charge is 2.29. The van der Waals surface area contributed by atoms with Crippen molar-refractivity contribution in [3.8, 4) is 39.3 Å². The molecule has 224 valence electrons. The van der Waals surface area contributed by atoms with Crippen molar-refractivity contribution < 1.29 is 0 Å². The molecule has 0 amide bonds. The first-order valence-electron chi connectivity index (χ1n) is 16.0. The highest BCUT2D eigenvalue weighted by molar-refractivity contribution is 6.21. The molecule has 0 radical (unpaired) electrons. The van der Waals surface area contributed by atoms with Crippen LogP contribution in [-0.2, 0) is 0 Å². The molecule has 0 unspecified atom stereocenters. The smallest absolute Gasteiger partial charge is 0.0708 e. The number of nitrogens with zero attached hydrogens (tertiary/aromatic N) is 6. The Labute approximate surface area is 276 Å². The van der Waals surface area contributed by atoms with Crippen LogP contribution in [0.3, 0.4) is 0 Å². The Hall–Kier alpha value is -6.66. The molecule has 0 saturated carbocycles. The van der Waals surface area contributed by atoms with Crippen molar-refractivity contribution in [1.82, 2.24) is 24.5 Å². The minimum atomic E-state index is 0.947. The Kier molecular flexibility index (Phi) is 5.77. The zero-order valence-corrected chi connectivity index (χ0v) is 25.7. The standard InChI is InChI=1S/C42H26N6/c1-3-20-45-36(12-1)27-14-16-38-33(22-27)35-23-34-32-11-5-10-31-30(37-13-2-4-21-46-37)15-17-39(42(31)32)48(29-9-7-19-44-26-29)40(34)24-41(35)47(38)28-8-6-18-43-25-28/h1-26H. The number of pyridine rings is 4. The molecule has 0 atom stereocenters. The monoisotopic (exact) mass is 614 g/mol. The molecule has 0 fully saturated rings. The van der Waals surface area contributed by atoms with Crippen molar-refractivity contribution in [2.45, 2.75) is 0 Å². The van der Waals surface area contributed by atoms with Crippen LogP contribution in [0.4, 0.5) is 17.1 Å². The van der Waals surface area contributed by atoms with Crippen molar-refractivity contribution in [3.63, 3.8) is 0 Å². The van der Waals surface area contributed by atoms with E-state index in [1.54, 1.807) is 0 Å². The Morgan fingerprint density at radius 3 is 1.96 bits per heavy atom. The maximum atomic E-state index is 4.73. The van der Waals surface area contributed by atoms with E-state index < -0.39 is 0 Å². The molecule has 6 heteroatoms. The quantitative estimate of drug-likeness (QED) is 0.197. The molecule has 1 aliphatic heterocycles. The highest BCUT2D eigenvalue weighted by Crippen LogP contribution is 2.54. The fourth-order valence-electron chi connectivity index (χ4n) is 7.35. The largest absolute Gasteiger partial charge is 0.308 e. The van der Waals surface area contributed by atoms with E-state index in [-0.39, 0.29) is 0 Å². The van der Waals surface area contributed by atoms with Gasteiger partial charge >= 0.3 is 0 Å². The van der Waals surface area contributed by atoms with Crippen LogP contribution in [0, 0.1) is 0 Å². The van der Waals surface area contributed by atoms with Gasteiger partial charge in [0.25, 0.3) is 0 Å². The van der Waals surface area contributed by atoms with Gasteiger partial charge < -0.3 is 9.47 Å². The third-order valence-electron chi connectivity index (χ3n) is 9.38. The molecule has 0 N–H and O–H groups in total. The van der Waals surface area contributed by atoms with Crippen LogP contribution < -0.4 is 4.90 Å². The number of rotatable bonds is 4. The van der Waals surface area contributed by atoms with Crippen LogP contribution in [0.25, 0.3) is 71.9 Å². The second-order valence-corrected chi connectivity index (χ2v) is 12.0. The summed E-state index contributed by atoms with van der Waals surface area (Å²) in [7, 11) is 0. The van der Waals surface area contributed by atoms with Crippen molar-refractivity contribution >= 4 is 49.6 Å². The van der Waals surface area contributed by atoms with Gasteiger partial charge in [-0.05, 0) is 89.8 Å². The maximum Gasteiger partial charge on any atom is 0.0708 e. The van der Waals surface area contributed by atoms with E-state index in [1.807, 2.05) is 73.6 Å². The zero-order chi connectivity index (χ0) is 31.6. The first-order valence-corrected chi connectivity index (χ1v) is 16.0. The number of hydrogen-bond acceptors (Lipinski definition) is 5. The molecule has 0 saturated heterocycles. The van der Waals surface area contributed by atoms with Crippen LogP contribution in [-0.4, -0.2) is 24.5 Å². The van der Waals surface area contributed by atoms with Gasteiger partial charge in [-0.2, -0.15) is 0 Å². The van der Waals surface area contributed by atoms with E-state index in [4.69, 9.17) is 4.98 Å². The molecular formula is C42H26N6. The first-order chi connectivity index (χ1) is 23.8. The Bertz CT molecular complexity index is 2650. The third kappa shape index (κ3) is 3.93. The lowest BCUT2D eigenvalue weighted by atomic mass is 9.87. The van der Waals surface area contributed by atoms with Gasteiger partial charge in [0.1, 0.15) is 0 Å². The molecule has 4 aromatic carbocycles. The molecule has 6 heterocycles. The number of hydrogen-bond donors (Lipinski definition) is 0. The van der Waals surface area contributed by atoms with Crippen LogP contribution >= 0.6 is 0 Å². The summed E-state index contributed by atoms with van der Waals surface area (Å²) >= 11 is 0. The van der Waals surface area contributed by atoms with Crippen molar-refractivity contribution in [2.24, 2.45) is 0 Å². The topological polar surface area (TPSA) is 59.7 Å². The van der Waals surface area contributed by atoms with Crippen LogP contribution in [0.15, 0.2) is 159 Å². The van der Waals surface area contributed by atoms with Gasteiger partial charge in [-0.1, -0.05) is 42.5 Å². The molecule has 1 aliphatic rings. The zero-order valence-electron chi connectivity index (χ0n) is 25.7. The molecule has 48 heavy (non-hydrogen) atoms. The SMILES string of the molecule is c1ccc(-c2ccc3c(c2)c2cc4c(cc2n3-c2cccnc2)N(c2cccnc2)c2ccc(-c3ccccn3)c3cccc-4c23)nc1. The fraction of sp³-hybridized carbons (Fsp3) is 0. The van der Waals surface area contributed by atoms with Crippen molar-refractivity contribution in [3.05, 3.63) is 159 Å². The van der Waals surface area contributed by atoms with Gasteiger partial charge in [0.15, 0.2) is 0 Å². The molecule has 10 rings (SSSR count). The lowest BCUT2D eigenvalue weighted by Gasteiger charge is -2.34. The Morgan fingerprint density at radius 1 is 0.438 bits per heavy atom. The summed E-state index contributed by atoms with van der Waals surface area (Å²) < 4.78 is 2.32. The van der Waals surface area contributed by atoms with Crippen LogP contribution in [0.1, 0.15) is 0 Å². The van der Waals surface area contributed by atoms with Crippen molar-refractivity contribution in [2.75, 3.05) is 4.90 Å². The predicted molar refractivity (Wildman–Crippen MR) is 194 cm³/mol. The molecule has 0 bridgehead atoms. The minimum absolute atomic E-state index is 0.947. The lowest BCUT2D eigenvalue weighted by molar-refractivity contribution is 1.14. The molecule has 5 aromatic heterocycles. The van der Waals surface area contributed by atoms with Crippen LogP contribution in [0.5, 0.6) is 0 Å². The van der Waals surface area contributed by atoms with Gasteiger partial charge in [-0.15, -0.1) is 0 Å². The van der Waals surface area contributed by atoms with E-state index in [0.717, 1.165) is 72.6 Å². The summed E-state index contributed by atoms with van der Waals surface area (Å²) in [6, 6.07) is 42.8. The fourth-order valence-corrected chi connectivity index (χ4v) is 7.35. The Morgan fingerprint density at radius 2 is 1.21 bits per heavy atom. The summed E-state index contributed by atoms with van der Waals surface area (Å²) in [5, 5.41) is 4.69. The molecule has 0 aliphatic carbocycles. The van der Waals surface area contributed by atoms with E-state index >= 15 is 0 Å². The highest BCUT2D eigenvalue weighted by atomic mass is 15.2.